The van der Waals surface area contributed by atoms with E-state index in [9.17, 15) is 9.59 Å². The highest BCUT2D eigenvalue weighted by Crippen LogP contribution is 2.31. The van der Waals surface area contributed by atoms with Gasteiger partial charge in [-0.2, -0.15) is 0 Å². The number of nitrogens with two attached hydrogens (primary N) is 1. The van der Waals surface area contributed by atoms with E-state index in [4.69, 9.17) is 15.7 Å². The fourth-order valence-electron chi connectivity index (χ4n) is 5.26. The van der Waals surface area contributed by atoms with Gasteiger partial charge in [-0.1, -0.05) is 38.5 Å². The molecule has 0 radical (unpaired) electrons. The number of benzene rings is 1. The summed E-state index contributed by atoms with van der Waals surface area (Å²) in [5.74, 6) is 0. The first-order valence-electron chi connectivity index (χ1n) is 11.3. The van der Waals surface area contributed by atoms with E-state index in [1.165, 1.54) is 17.4 Å². The maximum absolute atomic E-state index is 13.7. The van der Waals surface area contributed by atoms with Gasteiger partial charge in [-0.15, -0.1) is 0 Å². The van der Waals surface area contributed by atoms with E-state index in [-0.39, 0.29) is 23.3 Å². The van der Waals surface area contributed by atoms with Crippen molar-refractivity contribution in [1.29, 1.82) is 0 Å². The van der Waals surface area contributed by atoms with Crippen LogP contribution in [0.4, 0.5) is 5.69 Å². The Kier molecular flexibility index (Phi) is 4.83. The van der Waals surface area contributed by atoms with Gasteiger partial charge in [0.25, 0.3) is 5.56 Å². The van der Waals surface area contributed by atoms with Crippen LogP contribution >= 0.6 is 0 Å². The van der Waals surface area contributed by atoms with Crippen LogP contribution in [0.1, 0.15) is 81.9 Å². The molecule has 1 aromatic carbocycles. The van der Waals surface area contributed by atoms with Crippen molar-refractivity contribution in [3.8, 4) is 0 Å². The van der Waals surface area contributed by atoms with E-state index in [1.54, 1.807) is 10.6 Å². The minimum atomic E-state index is -0.294. The molecule has 2 aliphatic rings. The summed E-state index contributed by atoms with van der Waals surface area (Å²) in [5, 5.41) is 0. The topological polar surface area (TPSA) is 95.8 Å². The average Bonchev–Trinajstić information content (AvgIpc) is 2.75. The van der Waals surface area contributed by atoms with Crippen LogP contribution in [0.2, 0.25) is 0 Å². The summed E-state index contributed by atoms with van der Waals surface area (Å²) in [6.45, 7) is 1.92. The number of rotatable bonds is 2. The highest BCUT2D eigenvalue weighted by Gasteiger charge is 2.27. The molecule has 2 aliphatic carbocycles. The van der Waals surface area contributed by atoms with E-state index >= 15 is 0 Å². The number of hydrogen-bond acceptors (Lipinski definition) is 5. The second-order valence-electron chi connectivity index (χ2n) is 9.00. The number of fused-ring (bicyclic) bond motifs is 2. The first-order valence-corrected chi connectivity index (χ1v) is 11.3. The van der Waals surface area contributed by atoms with Gasteiger partial charge in [-0.25, -0.2) is 14.8 Å². The molecule has 0 saturated heterocycles. The number of aromatic nitrogens is 4. The van der Waals surface area contributed by atoms with Crippen LogP contribution in [0, 0.1) is 6.92 Å². The highest BCUT2D eigenvalue weighted by atomic mass is 16.2. The van der Waals surface area contributed by atoms with Gasteiger partial charge < -0.3 is 5.73 Å². The molecule has 2 fully saturated rings. The Morgan fingerprint density at radius 3 is 2.03 bits per heavy atom. The summed E-state index contributed by atoms with van der Waals surface area (Å²) in [4.78, 5) is 36.7. The van der Waals surface area contributed by atoms with Gasteiger partial charge in [0.05, 0.1) is 11.0 Å². The molecule has 7 heteroatoms. The molecule has 3 aromatic rings. The van der Waals surface area contributed by atoms with E-state index < -0.39 is 0 Å². The van der Waals surface area contributed by atoms with Gasteiger partial charge in [0.15, 0.2) is 11.2 Å². The maximum atomic E-state index is 13.7. The van der Waals surface area contributed by atoms with Crippen molar-refractivity contribution < 1.29 is 0 Å². The Balaban J connectivity index is 1.84. The lowest BCUT2D eigenvalue weighted by Gasteiger charge is -2.28. The summed E-state index contributed by atoms with van der Waals surface area (Å²) >= 11 is 0. The lowest BCUT2D eigenvalue weighted by atomic mass is 9.94. The van der Waals surface area contributed by atoms with Gasteiger partial charge in [0, 0.05) is 17.8 Å². The van der Waals surface area contributed by atoms with Crippen molar-refractivity contribution in [2.45, 2.75) is 83.2 Å². The third-order valence-electron chi connectivity index (χ3n) is 6.98. The Bertz CT molecular complexity index is 1230. The second-order valence-corrected chi connectivity index (χ2v) is 9.00. The van der Waals surface area contributed by atoms with Gasteiger partial charge >= 0.3 is 5.69 Å². The zero-order valence-corrected chi connectivity index (χ0v) is 17.6. The third kappa shape index (κ3) is 3.11. The lowest BCUT2D eigenvalue weighted by Crippen LogP contribution is -2.44. The zero-order chi connectivity index (χ0) is 20.8. The zero-order valence-electron chi connectivity index (χ0n) is 17.6. The number of anilines is 1. The Hall–Kier alpha value is -2.70. The Labute approximate surface area is 174 Å². The molecule has 0 bridgehead atoms. The van der Waals surface area contributed by atoms with Gasteiger partial charge in [-0.3, -0.25) is 13.9 Å². The molecule has 2 N–H and O–H groups in total. The summed E-state index contributed by atoms with van der Waals surface area (Å²) in [6, 6.07) is 3.69. The molecular weight excluding hydrogens is 378 g/mol. The van der Waals surface area contributed by atoms with E-state index in [2.05, 4.69) is 0 Å². The van der Waals surface area contributed by atoms with E-state index in [0.29, 0.717) is 27.9 Å². The Morgan fingerprint density at radius 2 is 1.40 bits per heavy atom. The SMILES string of the molecule is Cc1cc2nc3c(=O)n(C4CCCCC4)c(=O)n(C4CCCCC4)c3nc2cc1N. The monoisotopic (exact) mass is 407 g/mol. The predicted molar refractivity (Wildman–Crippen MR) is 119 cm³/mol. The summed E-state index contributed by atoms with van der Waals surface area (Å²) < 4.78 is 3.29. The number of aryl methyl sites for hydroxylation is 1. The van der Waals surface area contributed by atoms with Crippen LogP contribution < -0.4 is 17.0 Å². The van der Waals surface area contributed by atoms with Crippen LogP contribution in [-0.4, -0.2) is 19.1 Å². The predicted octanol–water partition coefficient (Wildman–Crippen LogP) is 4.01. The molecule has 2 aromatic heterocycles. The quantitative estimate of drug-likeness (QED) is 0.511. The van der Waals surface area contributed by atoms with Crippen LogP contribution in [0.3, 0.4) is 0 Å². The molecule has 0 spiro atoms. The molecule has 2 heterocycles. The Morgan fingerprint density at radius 1 is 0.833 bits per heavy atom. The standard InChI is InChI=1S/C23H29N5O2/c1-14-12-18-19(13-17(14)24)26-21-20(25-18)22(29)28(16-10-6-3-7-11-16)23(30)27(21)15-8-4-2-5-9-15/h12-13,15-16H,2-11,24H2,1H3. The van der Waals surface area contributed by atoms with Crippen LogP contribution in [0.5, 0.6) is 0 Å². The largest absolute Gasteiger partial charge is 0.398 e. The molecule has 7 nitrogen and oxygen atoms in total. The number of nitrogen functional groups attached to an aromatic ring is 1. The van der Waals surface area contributed by atoms with Crippen LogP contribution in [0.15, 0.2) is 21.7 Å². The fraction of sp³-hybridized carbons (Fsp3) is 0.565. The van der Waals surface area contributed by atoms with Crippen LogP contribution in [0.25, 0.3) is 22.2 Å². The summed E-state index contributed by atoms with van der Waals surface area (Å²) in [5.41, 5.74) is 9.13. The molecule has 158 valence electrons. The smallest absolute Gasteiger partial charge is 0.333 e. The van der Waals surface area contributed by atoms with Crippen molar-refractivity contribution in [2.75, 3.05) is 5.73 Å². The molecule has 0 atom stereocenters. The van der Waals surface area contributed by atoms with Crippen molar-refractivity contribution >= 4 is 27.9 Å². The summed E-state index contributed by atoms with van der Waals surface area (Å²) in [7, 11) is 0. The molecule has 5 rings (SSSR count). The van der Waals surface area contributed by atoms with Gasteiger partial charge in [0.1, 0.15) is 0 Å². The van der Waals surface area contributed by atoms with Crippen molar-refractivity contribution in [3.05, 3.63) is 38.5 Å². The first-order chi connectivity index (χ1) is 14.5. The maximum Gasteiger partial charge on any atom is 0.333 e. The normalized spacial score (nSPS) is 19.0. The molecule has 0 aliphatic heterocycles. The van der Waals surface area contributed by atoms with E-state index in [0.717, 1.165) is 56.9 Å². The first kappa shape index (κ1) is 19.3. The van der Waals surface area contributed by atoms with Crippen LogP contribution in [-0.2, 0) is 0 Å². The molecule has 30 heavy (non-hydrogen) atoms. The van der Waals surface area contributed by atoms with Gasteiger partial charge in [0.2, 0.25) is 0 Å². The lowest BCUT2D eigenvalue weighted by molar-refractivity contribution is 0.306. The third-order valence-corrected chi connectivity index (χ3v) is 6.98. The van der Waals surface area contributed by atoms with Crippen molar-refractivity contribution in [3.63, 3.8) is 0 Å². The average molecular weight is 408 g/mol. The molecule has 0 amide bonds. The number of hydrogen-bond donors (Lipinski definition) is 1. The van der Waals surface area contributed by atoms with E-state index in [1.807, 2.05) is 13.0 Å². The molecular formula is C23H29N5O2. The molecule has 2 saturated carbocycles. The highest BCUT2D eigenvalue weighted by molar-refractivity contribution is 5.87. The minimum absolute atomic E-state index is 0.0383. The second kappa shape index (κ2) is 7.52. The van der Waals surface area contributed by atoms with Crippen molar-refractivity contribution in [1.82, 2.24) is 19.1 Å². The van der Waals surface area contributed by atoms with Crippen molar-refractivity contribution in [2.24, 2.45) is 0 Å². The molecule has 0 unspecified atom stereocenters. The number of nitrogens with zero attached hydrogens (tertiary/aromatic N) is 4. The van der Waals surface area contributed by atoms with Gasteiger partial charge in [-0.05, 0) is 50.3 Å². The fourth-order valence-corrected chi connectivity index (χ4v) is 5.26. The summed E-state index contributed by atoms with van der Waals surface area (Å²) in [6.07, 6.45) is 10.3. The minimum Gasteiger partial charge on any atom is -0.398 e.